The third-order valence-electron chi connectivity index (χ3n) is 3.68. The van der Waals surface area contributed by atoms with Crippen molar-refractivity contribution in [3.63, 3.8) is 0 Å². The van der Waals surface area contributed by atoms with Crippen LogP contribution in [0.25, 0.3) is 0 Å². The summed E-state index contributed by atoms with van der Waals surface area (Å²) in [4.78, 5) is 25.6. The highest BCUT2D eigenvalue weighted by atomic mass is 16.5. The molecule has 0 spiro atoms. The second kappa shape index (κ2) is 10.6. The van der Waals surface area contributed by atoms with E-state index in [1.165, 1.54) is 7.11 Å². The van der Waals surface area contributed by atoms with E-state index in [0.717, 1.165) is 12.0 Å². The molecule has 0 bridgehead atoms. The first-order chi connectivity index (χ1) is 11.5. The summed E-state index contributed by atoms with van der Waals surface area (Å²) < 4.78 is 15.3. The second-order valence-electron chi connectivity index (χ2n) is 5.55. The number of esters is 1. The predicted molar refractivity (Wildman–Crippen MR) is 91.0 cm³/mol. The molecule has 1 aromatic carbocycles. The monoisotopic (exact) mass is 337 g/mol. The minimum Gasteiger partial charge on any atom is -0.484 e. The number of hydrogen-bond donors (Lipinski definition) is 0. The van der Waals surface area contributed by atoms with Gasteiger partial charge in [0.25, 0.3) is 5.91 Å². The van der Waals surface area contributed by atoms with Crippen LogP contribution < -0.4 is 4.74 Å². The molecule has 1 rings (SSSR count). The summed E-state index contributed by atoms with van der Waals surface area (Å²) in [5.74, 6) is -0.277. The molecule has 6 heteroatoms. The molecule has 1 unspecified atom stereocenters. The van der Waals surface area contributed by atoms with Crippen molar-refractivity contribution in [1.29, 1.82) is 0 Å². The van der Waals surface area contributed by atoms with Gasteiger partial charge in [-0.15, -0.1) is 0 Å². The number of benzene rings is 1. The zero-order chi connectivity index (χ0) is 17.9. The zero-order valence-electron chi connectivity index (χ0n) is 14.9. The summed E-state index contributed by atoms with van der Waals surface area (Å²) in [5.41, 5.74) is 1.15. The molecule has 0 aromatic heterocycles. The number of amides is 1. The molecule has 0 fully saturated rings. The Labute approximate surface area is 143 Å². The third-order valence-corrected chi connectivity index (χ3v) is 3.68. The van der Waals surface area contributed by atoms with E-state index in [4.69, 9.17) is 14.2 Å². The van der Waals surface area contributed by atoms with Crippen LogP contribution in [0.4, 0.5) is 0 Å². The standard InChI is InChI=1S/C18H27NO5/c1-5-15-7-6-8-16(11-15)24-13-17(20)19(9-10-22-3)12-14(2)18(21)23-4/h6-8,11,14H,5,9-10,12-13H2,1-4H3. The lowest BCUT2D eigenvalue weighted by Gasteiger charge is -2.24. The SMILES string of the molecule is CCc1cccc(OCC(=O)N(CCOC)CC(C)C(=O)OC)c1. The quantitative estimate of drug-likeness (QED) is 0.610. The van der Waals surface area contributed by atoms with Crippen LogP contribution in [-0.2, 0) is 25.5 Å². The molecule has 0 aliphatic rings. The van der Waals surface area contributed by atoms with Crippen LogP contribution in [0.5, 0.6) is 5.75 Å². The fourth-order valence-electron chi connectivity index (χ4n) is 2.22. The lowest BCUT2D eigenvalue weighted by molar-refractivity contribution is -0.146. The third kappa shape index (κ3) is 6.58. The van der Waals surface area contributed by atoms with Gasteiger partial charge >= 0.3 is 5.97 Å². The van der Waals surface area contributed by atoms with Crippen LogP contribution in [0.2, 0.25) is 0 Å². The molecular formula is C18H27NO5. The highest BCUT2D eigenvalue weighted by molar-refractivity contribution is 5.79. The van der Waals surface area contributed by atoms with Crippen molar-refractivity contribution in [2.75, 3.05) is 40.5 Å². The highest BCUT2D eigenvalue weighted by Gasteiger charge is 2.21. The number of nitrogens with zero attached hydrogens (tertiary/aromatic N) is 1. The van der Waals surface area contributed by atoms with Crippen LogP contribution in [0.15, 0.2) is 24.3 Å². The molecule has 1 amide bonds. The predicted octanol–water partition coefficient (Wildman–Crippen LogP) is 1.91. The van der Waals surface area contributed by atoms with Crippen molar-refractivity contribution in [1.82, 2.24) is 4.90 Å². The lowest BCUT2D eigenvalue weighted by atomic mass is 10.1. The Morgan fingerprint density at radius 2 is 2.00 bits per heavy atom. The molecule has 0 radical (unpaired) electrons. The van der Waals surface area contributed by atoms with Crippen LogP contribution in [0, 0.1) is 5.92 Å². The first-order valence-electron chi connectivity index (χ1n) is 8.08. The number of aryl methyl sites for hydroxylation is 1. The molecule has 1 aromatic rings. The van der Waals surface area contributed by atoms with Gasteiger partial charge in [-0.25, -0.2) is 0 Å². The molecule has 134 valence electrons. The van der Waals surface area contributed by atoms with Crippen LogP contribution in [-0.4, -0.2) is 57.3 Å². The number of rotatable bonds is 10. The Kier molecular flexibility index (Phi) is 8.86. The molecule has 0 aliphatic carbocycles. The van der Waals surface area contributed by atoms with E-state index in [1.807, 2.05) is 24.3 Å². The largest absolute Gasteiger partial charge is 0.484 e. The Morgan fingerprint density at radius 3 is 2.62 bits per heavy atom. The average Bonchev–Trinajstić information content (AvgIpc) is 2.62. The minimum atomic E-state index is -0.403. The van der Waals surface area contributed by atoms with Gasteiger partial charge < -0.3 is 19.1 Å². The number of carbonyl (C=O) groups is 2. The topological polar surface area (TPSA) is 65.1 Å². The Hall–Kier alpha value is -2.08. The average molecular weight is 337 g/mol. The molecule has 6 nitrogen and oxygen atoms in total. The van der Waals surface area contributed by atoms with Gasteiger partial charge in [-0.3, -0.25) is 9.59 Å². The normalized spacial score (nSPS) is 11.7. The Balaban J connectivity index is 2.64. The van der Waals surface area contributed by atoms with Gasteiger partial charge in [0, 0.05) is 20.2 Å². The summed E-state index contributed by atoms with van der Waals surface area (Å²) >= 11 is 0. The Bertz CT molecular complexity index is 532. The van der Waals surface area contributed by atoms with Gasteiger partial charge in [0.05, 0.1) is 19.6 Å². The number of carbonyl (C=O) groups excluding carboxylic acids is 2. The van der Waals surface area contributed by atoms with Crippen molar-refractivity contribution >= 4 is 11.9 Å². The van der Waals surface area contributed by atoms with Crippen molar-refractivity contribution < 1.29 is 23.8 Å². The van der Waals surface area contributed by atoms with E-state index in [1.54, 1.807) is 18.9 Å². The van der Waals surface area contributed by atoms with E-state index in [2.05, 4.69) is 6.92 Å². The van der Waals surface area contributed by atoms with Crippen molar-refractivity contribution in [3.05, 3.63) is 29.8 Å². The van der Waals surface area contributed by atoms with E-state index in [9.17, 15) is 9.59 Å². The maximum absolute atomic E-state index is 12.4. The lowest BCUT2D eigenvalue weighted by Crippen LogP contribution is -2.41. The molecular weight excluding hydrogens is 310 g/mol. The summed E-state index contributed by atoms with van der Waals surface area (Å²) in [5, 5.41) is 0. The second-order valence-corrected chi connectivity index (χ2v) is 5.55. The number of hydrogen-bond acceptors (Lipinski definition) is 5. The first kappa shape index (κ1) is 20.0. The van der Waals surface area contributed by atoms with Gasteiger partial charge in [-0.05, 0) is 24.1 Å². The molecule has 0 saturated carbocycles. The zero-order valence-corrected chi connectivity index (χ0v) is 14.9. The number of ether oxygens (including phenoxy) is 3. The van der Waals surface area contributed by atoms with Crippen LogP contribution in [0.3, 0.4) is 0 Å². The molecule has 0 aliphatic heterocycles. The van der Waals surface area contributed by atoms with Crippen LogP contribution >= 0.6 is 0 Å². The molecule has 0 N–H and O–H groups in total. The summed E-state index contributed by atoms with van der Waals surface area (Å²) in [6, 6.07) is 7.66. The summed E-state index contributed by atoms with van der Waals surface area (Å²) in [6.45, 7) is 4.77. The van der Waals surface area contributed by atoms with Gasteiger partial charge in [0.1, 0.15) is 5.75 Å². The molecule has 0 heterocycles. The van der Waals surface area contributed by atoms with Crippen LogP contribution in [0.1, 0.15) is 19.4 Å². The van der Waals surface area contributed by atoms with E-state index < -0.39 is 5.92 Å². The van der Waals surface area contributed by atoms with Crippen molar-refractivity contribution in [3.8, 4) is 5.75 Å². The first-order valence-corrected chi connectivity index (χ1v) is 8.08. The Morgan fingerprint density at radius 1 is 1.25 bits per heavy atom. The maximum atomic E-state index is 12.4. The molecule has 0 saturated heterocycles. The highest BCUT2D eigenvalue weighted by Crippen LogP contribution is 2.14. The summed E-state index contributed by atoms with van der Waals surface area (Å²) in [6.07, 6.45) is 0.905. The van der Waals surface area contributed by atoms with Gasteiger partial charge in [-0.2, -0.15) is 0 Å². The fourth-order valence-corrected chi connectivity index (χ4v) is 2.22. The van der Waals surface area contributed by atoms with Gasteiger partial charge in [0.15, 0.2) is 6.61 Å². The van der Waals surface area contributed by atoms with Crippen molar-refractivity contribution in [2.45, 2.75) is 20.3 Å². The van der Waals surface area contributed by atoms with Gasteiger partial charge in [-0.1, -0.05) is 26.0 Å². The van der Waals surface area contributed by atoms with E-state index >= 15 is 0 Å². The van der Waals surface area contributed by atoms with Gasteiger partial charge in [0.2, 0.25) is 0 Å². The minimum absolute atomic E-state index is 0.0786. The maximum Gasteiger partial charge on any atom is 0.310 e. The fraction of sp³-hybridized carbons (Fsp3) is 0.556. The van der Waals surface area contributed by atoms with Crippen molar-refractivity contribution in [2.24, 2.45) is 5.92 Å². The number of methoxy groups -OCH3 is 2. The molecule has 1 atom stereocenters. The van der Waals surface area contributed by atoms with E-state index in [-0.39, 0.29) is 25.0 Å². The smallest absolute Gasteiger partial charge is 0.310 e. The summed E-state index contributed by atoms with van der Waals surface area (Å²) in [7, 11) is 2.91. The molecule has 24 heavy (non-hydrogen) atoms. The van der Waals surface area contributed by atoms with E-state index in [0.29, 0.717) is 18.9 Å².